The molecule has 0 radical (unpaired) electrons. The lowest BCUT2D eigenvalue weighted by Crippen LogP contribution is -2.14. The number of hydrogen-bond acceptors (Lipinski definition) is 4. The van der Waals surface area contributed by atoms with Crippen LogP contribution in [0.3, 0.4) is 0 Å². The van der Waals surface area contributed by atoms with Crippen molar-refractivity contribution in [3.63, 3.8) is 0 Å². The topological polar surface area (TPSA) is 75.6 Å². The number of rotatable bonds is 5. The Hall–Kier alpha value is -1.40. The number of hydrogen-bond donors (Lipinski definition) is 2. The number of carbonyl (C=O) groups excluding carboxylic acids is 1. The van der Waals surface area contributed by atoms with Gasteiger partial charge in [-0.2, -0.15) is 11.8 Å². The van der Waals surface area contributed by atoms with Gasteiger partial charge in [-0.1, -0.05) is 11.6 Å². The molecule has 98 valence electrons. The Morgan fingerprint density at radius 2 is 2.17 bits per heavy atom. The second-order valence-corrected chi connectivity index (χ2v) is 4.59. The van der Waals surface area contributed by atoms with Gasteiger partial charge in [0, 0.05) is 6.07 Å². The number of halogens is 1. The summed E-state index contributed by atoms with van der Waals surface area (Å²) < 4.78 is 4.95. The summed E-state index contributed by atoms with van der Waals surface area (Å²) in [6.45, 7) is 0. The van der Waals surface area contributed by atoms with E-state index >= 15 is 0 Å². The third-order valence-corrected chi connectivity index (χ3v) is 2.93. The average Bonchev–Trinajstić information content (AvgIpc) is 2.31. The highest BCUT2D eigenvalue weighted by atomic mass is 35.5. The van der Waals surface area contributed by atoms with Gasteiger partial charge in [-0.25, -0.2) is 4.79 Å². The molecule has 0 heterocycles. The predicted octanol–water partition coefficient (Wildman–Crippen LogP) is 2.35. The van der Waals surface area contributed by atoms with Crippen molar-refractivity contribution in [2.45, 2.75) is 0 Å². The third kappa shape index (κ3) is 3.54. The number of anilines is 1. The second kappa shape index (κ2) is 6.51. The maximum atomic E-state index is 11.4. The van der Waals surface area contributed by atoms with Crippen LogP contribution in [0.4, 0.5) is 5.69 Å². The Morgan fingerprint density at radius 1 is 1.50 bits per heavy atom. The molecule has 1 aromatic carbocycles. The quantitative estimate of drug-likeness (QED) is 0.870. The minimum atomic E-state index is -1.14. The molecule has 0 aromatic heterocycles. The zero-order valence-corrected chi connectivity index (χ0v) is 11.4. The third-order valence-electron chi connectivity index (χ3n) is 2.07. The first-order valence-corrected chi connectivity index (χ1v) is 6.66. The molecule has 5 nitrogen and oxygen atoms in total. The summed E-state index contributed by atoms with van der Waals surface area (Å²) in [5.74, 6) is -0.920. The van der Waals surface area contributed by atoms with E-state index in [2.05, 4.69) is 5.32 Å². The molecule has 1 amide bonds. The van der Waals surface area contributed by atoms with E-state index in [1.807, 2.05) is 0 Å². The van der Waals surface area contributed by atoms with Crippen molar-refractivity contribution in [1.29, 1.82) is 0 Å². The van der Waals surface area contributed by atoms with Crippen molar-refractivity contribution < 1.29 is 19.4 Å². The number of carbonyl (C=O) groups is 2. The fourth-order valence-electron chi connectivity index (χ4n) is 1.30. The number of benzene rings is 1. The second-order valence-electron chi connectivity index (χ2n) is 3.32. The first-order valence-electron chi connectivity index (χ1n) is 4.89. The molecule has 0 unspecified atom stereocenters. The van der Waals surface area contributed by atoms with Crippen LogP contribution >= 0.6 is 23.4 Å². The Balaban J connectivity index is 3.07. The monoisotopic (exact) mass is 289 g/mol. The van der Waals surface area contributed by atoms with Gasteiger partial charge in [0.25, 0.3) is 0 Å². The van der Waals surface area contributed by atoms with Gasteiger partial charge in [-0.15, -0.1) is 0 Å². The fourth-order valence-corrected chi connectivity index (χ4v) is 1.85. The maximum Gasteiger partial charge on any atom is 0.339 e. The van der Waals surface area contributed by atoms with Gasteiger partial charge < -0.3 is 15.2 Å². The minimum absolute atomic E-state index is 0.0506. The van der Waals surface area contributed by atoms with Crippen molar-refractivity contribution in [3.05, 3.63) is 22.7 Å². The Bertz CT molecular complexity index is 478. The van der Waals surface area contributed by atoms with Crippen molar-refractivity contribution >= 4 is 40.9 Å². The highest BCUT2D eigenvalue weighted by molar-refractivity contribution is 7.99. The zero-order chi connectivity index (χ0) is 13.7. The van der Waals surface area contributed by atoms with E-state index in [1.54, 1.807) is 6.26 Å². The lowest BCUT2D eigenvalue weighted by molar-refractivity contribution is -0.113. The summed E-state index contributed by atoms with van der Waals surface area (Å²) in [7, 11) is 1.35. The molecule has 0 bridgehead atoms. The van der Waals surface area contributed by atoms with Crippen molar-refractivity contribution in [1.82, 2.24) is 0 Å². The highest BCUT2D eigenvalue weighted by Gasteiger charge is 2.15. The number of carboxylic acids is 1. The summed E-state index contributed by atoms with van der Waals surface area (Å²) in [5.41, 5.74) is 0.280. The first kappa shape index (κ1) is 14.7. The number of ether oxygens (including phenoxy) is 1. The van der Waals surface area contributed by atoms with Crippen LogP contribution < -0.4 is 10.1 Å². The molecule has 0 atom stereocenters. The molecule has 7 heteroatoms. The lowest BCUT2D eigenvalue weighted by Gasteiger charge is -2.11. The van der Waals surface area contributed by atoms with Crippen LogP contribution in [0.5, 0.6) is 5.75 Å². The molecule has 0 spiro atoms. The molecular weight excluding hydrogens is 278 g/mol. The van der Waals surface area contributed by atoms with Gasteiger partial charge >= 0.3 is 5.97 Å². The molecular formula is C11H12ClNO4S. The van der Waals surface area contributed by atoms with Crippen molar-refractivity contribution in [3.8, 4) is 5.75 Å². The van der Waals surface area contributed by atoms with Crippen LogP contribution in [0.15, 0.2) is 12.1 Å². The molecule has 1 rings (SSSR count). The van der Waals surface area contributed by atoms with E-state index in [9.17, 15) is 9.59 Å². The van der Waals surface area contributed by atoms with Crippen LogP contribution in [-0.2, 0) is 4.79 Å². The largest absolute Gasteiger partial charge is 0.496 e. The number of thioether (sulfide) groups is 1. The van der Waals surface area contributed by atoms with Gasteiger partial charge in [0.05, 0.1) is 23.6 Å². The fraction of sp³-hybridized carbons (Fsp3) is 0.273. The SMILES string of the molecule is COc1cc(NC(=O)CSC)c(Cl)cc1C(=O)O. The van der Waals surface area contributed by atoms with E-state index in [-0.39, 0.29) is 22.2 Å². The number of methoxy groups -OCH3 is 1. The standard InChI is InChI=1S/C11H12ClNO4S/c1-17-9-4-8(13-10(14)5-18-2)7(12)3-6(9)11(15)16/h3-4H,5H2,1-2H3,(H,13,14)(H,15,16). The van der Waals surface area contributed by atoms with Crippen LogP contribution in [0.25, 0.3) is 0 Å². The zero-order valence-electron chi connectivity index (χ0n) is 9.82. The van der Waals surface area contributed by atoms with Crippen LogP contribution in [0, 0.1) is 0 Å². The lowest BCUT2D eigenvalue weighted by atomic mass is 10.2. The van der Waals surface area contributed by atoms with Crippen molar-refractivity contribution in [2.24, 2.45) is 0 Å². The number of amides is 1. The van der Waals surface area contributed by atoms with Crippen LogP contribution in [0.1, 0.15) is 10.4 Å². The van der Waals surface area contributed by atoms with Crippen LogP contribution in [0.2, 0.25) is 5.02 Å². The van der Waals surface area contributed by atoms with E-state index < -0.39 is 5.97 Å². The molecule has 0 saturated carbocycles. The van der Waals surface area contributed by atoms with Gasteiger partial charge in [0.2, 0.25) is 5.91 Å². The summed E-state index contributed by atoms with van der Waals surface area (Å²) in [4.78, 5) is 22.4. The number of carboxylic acid groups (broad SMARTS) is 1. The first-order chi connectivity index (χ1) is 8.49. The summed E-state index contributed by atoms with van der Waals surface area (Å²) in [5, 5.41) is 11.7. The molecule has 18 heavy (non-hydrogen) atoms. The van der Waals surface area contributed by atoms with Gasteiger partial charge in [0.1, 0.15) is 11.3 Å². The smallest absolute Gasteiger partial charge is 0.339 e. The van der Waals surface area contributed by atoms with Gasteiger partial charge in [-0.05, 0) is 12.3 Å². The molecule has 2 N–H and O–H groups in total. The molecule has 0 aliphatic heterocycles. The molecule has 0 saturated heterocycles. The highest BCUT2D eigenvalue weighted by Crippen LogP contribution is 2.31. The van der Waals surface area contributed by atoms with E-state index in [0.29, 0.717) is 11.4 Å². The van der Waals surface area contributed by atoms with E-state index in [1.165, 1.54) is 31.0 Å². The Labute approximate surface area is 113 Å². The Kier molecular flexibility index (Phi) is 5.30. The normalized spacial score (nSPS) is 9.94. The average molecular weight is 290 g/mol. The Morgan fingerprint density at radius 3 is 2.67 bits per heavy atom. The summed E-state index contributed by atoms with van der Waals surface area (Å²) in [6.07, 6.45) is 1.80. The van der Waals surface area contributed by atoms with Crippen molar-refractivity contribution in [2.75, 3.05) is 24.4 Å². The van der Waals surface area contributed by atoms with Crippen LogP contribution in [-0.4, -0.2) is 36.1 Å². The number of nitrogens with one attached hydrogen (secondary N) is 1. The maximum absolute atomic E-state index is 11.4. The predicted molar refractivity (Wildman–Crippen MR) is 72.0 cm³/mol. The van der Waals surface area contributed by atoms with E-state index in [0.717, 1.165) is 0 Å². The molecule has 1 aromatic rings. The molecule has 0 fully saturated rings. The number of aromatic carboxylic acids is 1. The van der Waals surface area contributed by atoms with Gasteiger partial charge in [0.15, 0.2) is 0 Å². The molecule has 0 aliphatic rings. The van der Waals surface area contributed by atoms with E-state index in [4.69, 9.17) is 21.4 Å². The minimum Gasteiger partial charge on any atom is -0.496 e. The summed E-state index contributed by atoms with van der Waals surface area (Å²) in [6, 6.07) is 2.64. The molecule has 0 aliphatic carbocycles. The summed E-state index contributed by atoms with van der Waals surface area (Å²) >= 11 is 7.28. The van der Waals surface area contributed by atoms with Gasteiger partial charge in [-0.3, -0.25) is 4.79 Å².